The predicted octanol–water partition coefficient (Wildman–Crippen LogP) is 1.23. The number of hydrogen-bond donors (Lipinski definition) is 1. The van der Waals surface area contributed by atoms with E-state index >= 15 is 0 Å². The average Bonchev–Trinajstić information content (AvgIpc) is 2.40. The van der Waals surface area contributed by atoms with Crippen LogP contribution in [0.25, 0.3) is 0 Å². The monoisotopic (exact) mass is 285 g/mol. The van der Waals surface area contributed by atoms with Crippen LogP contribution in [0.2, 0.25) is 0 Å². The summed E-state index contributed by atoms with van der Waals surface area (Å²) in [6.07, 6.45) is 0.610. The zero-order valence-electron chi connectivity index (χ0n) is 10.9. The van der Waals surface area contributed by atoms with Crippen molar-refractivity contribution in [3.63, 3.8) is 0 Å². The first-order valence-electron chi connectivity index (χ1n) is 6.45. The molecule has 0 bridgehead atoms. The highest BCUT2D eigenvalue weighted by molar-refractivity contribution is 7.89. The topological polar surface area (TPSA) is 66.8 Å². The van der Waals surface area contributed by atoms with E-state index in [4.69, 9.17) is 4.74 Å². The van der Waals surface area contributed by atoms with Crippen LogP contribution in [0.1, 0.15) is 19.8 Å². The van der Waals surface area contributed by atoms with Crippen molar-refractivity contribution in [3.8, 4) is 5.75 Å². The number of piperidine rings is 1. The van der Waals surface area contributed by atoms with Crippen LogP contribution >= 0.6 is 0 Å². The van der Waals surface area contributed by atoms with Crippen molar-refractivity contribution >= 4 is 10.0 Å². The molecule has 6 heteroatoms. The summed E-state index contributed by atoms with van der Waals surface area (Å²) in [5.74, 6) is 0.663. The second-order valence-electron chi connectivity index (χ2n) is 4.54. The molecule has 0 saturated carbocycles. The smallest absolute Gasteiger partial charge is 0.243 e. The summed E-state index contributed by atoms with van der Waals surface area (Å²) in [7, 11) is -3.45. The molecule has 1 aromatic rings. The molecular weight excluding hydrogens is 266 g/mol. The second-order valence-corrected chi connectivity index (χ2v) is 6.48. The summed E-state index contributed by atoms with van der Waals surface area (Å²) in [5, 5.41) is 9.42. The van der Waals surface area contributed by atoms with Gasteiger partial charge in [0.1, 0.15) is 5.75 Å². The lowest BCUT2D eigenvalue weighted by atomic mass is 10.1. The molecule has 1 aliphatic rings. The molecule has 1 heterocycles. The van der Waals surface area contributed by atoms with Crippen LogP contribution in [-0.4, -0.2) is 43.6 Å². The van der Waals surface area contributed by atoms with Crippen molar-refractivity contribution in [2.24, 2.45) is 0 Å². The van der Waals surface area contributed by atoms with Gasteiger partial charge in [-0.2, -0.15) is 4.31 Å². The minimum absolute atomic E-state index is 0.271. The molecule has 0 atom stereocenters. The lowest BCUT2D eigenvalue weighted by Crippen LogP contribution is -2.39. The Morgan fingerprint density at radius 2 is 1.84 bits per heavy atom. The van der Waals surface area contributed by atoms with Gasteiger partial charge in [0, 0.05) is 13.1 Å². The first-order chi connectivity index (χ1) is 9.04. The van der Waals surface area contributed by atoms with Gasteiger partial charge >= 0.3 is 0 Å². The highest BCUT2D eigenvalue weighted by atomic mass is 32.2. The van der Waals surface area contributed by atoms with Crippen LogP contribution in [0, 0.1) is 0 Å². The van der Waals surface area contributed by atoms with Crippen molar-refractivity contribution in [2.75, 3.05) is 19.7 Å². The van der Waals surface area contributed by atoms with Crippen LogP contribution in [0.15, 0.2) is 29.2 Å². The third kappa shape index (κ3) is 3.26. The minimum atomic E-state index is -3.45. The number of aliphatic hydroxyl groups is 1. The van der Waals surface area contributed by atoms with Crippen molar-refractivity contribution in [1.82, 2.24) is 4.31 Å². The van der Waals surface area contributed by atoms with E-state index in [0.717, 1.165) is 0 Å². The summed E-state index contributed by atoms with van der Waals surface area (Å²) in [6, 6.07) is 6.45. The van der Waals surface area contributed by atoms with Gasteiger partial charge < -0.3 is 9.84 Å². The number of sulfonamides is 1. The van der Waals surface area contributed by atoms with E-state index in [9.17, 15) is 13.5 Å². The zero-order chi connectivity index (χ0) is 13.9. The summed E-state index contributed by atoms with van der Waals surface area (Å²) in [4.78, 5) is 0.271. The maximum absolute atomic E-state index is 12.4. The number of benzene rings is 1. The van der Waals surface area contributed by atoms with Crippen molar-refractivity contribution < 1.29 is 18.3 Å². The first kappa shape index (κ1) is 14.3. The molecule has 1 aliphatic heterocycles. The standard InChI is InChI=1S/C13H19NO4S/c1-2-18-12-3-5-13(6-4-12)19(16,17)14-9-7-11(15)8-10-14/h3-6,11,15H,2,7-10H2,1H3. The molecule has 106 valence electrons. The van der Waals surface area contributed by atoms with Gasteiger partial charge in [-0.3, -0.25) is 0 Å². The average molecular weight is 285 g/mol. The van der Waals surface area contributed by atoms with Gasteiger partial charge in [-0.15, -0.1) is 0 Å². The Morgan fingerprint density at radius 3 is 2.37 bits per heavy atom. The maximum atomic E-state index is 12.4. The van der Waals surface area contributed by atoms with E-state index in [1.807, 2.05) is 6.92 Å². The fourth-order valence-electron chi connectivity index (χ4n) is 2.11. The summed E-state index contributed by atoms with van der Waals surface area (Å²) < 4.78 is 31.5. The molecule has 0 aliphatic carbocycles. The van der Waals surface area contributed by atoms with E-state index in [2.05, 4.69) is 0 Å². The molecular formula is C13H19NO4S. The third-order valence-electron chi connectivity index (χ3n) is 3.20. The van der Waals surface area contributed by atoms with Gasteiger partial charge in [-0.05, 0) is 44.0 Å². The number of hydrogen-bond acceptors (Lipinski definition) is 4. The van der Waals surface area contributed by atoms with Gasteiger partial charge in [0.25, 0.3) is 0 Å². The molecule has 0 amide bonds. The molecule has 1 fully saturated rings. The molecule has 1 aromatic carbocycles. The van der Waals surface area contributed by atoms with Gasteiger partial charge in [-0.25, -0.2) is 8.42 Å². The van der Waals surface area contributed by atoms with Crippen LogP contribution in [0.3, 0.4) is 0 Å². The summed E-state index contributed by atoms with van der Waals surface area (Å²) in [5.41, 5.74) is 0. The largest absolute Gasteiger partial charge is 0.494 e. The van der Waals surface area contributed by atoms with Crippen molar-refractivity contribution in [3.05, 3.63) is 24.3 Å². The minimum Gasteiger partial charge on any atom is -0.494 e. The number of rotatable bonds is 4. The number of ether oxygens (including phenoxy) is 1. The Hall–Kier alpha value is -1.11. The molecule has 2 rings (SSSR count). The van der Waals surface area contributed by atoms with Crippen LogP contribution in [-0.2, 0) is 10.0 Å². The fraction of sp³-hybridized carbons (Fsp3) is 0.538. The predicted molar refractivity (Wildman–Crippen MR) is 71.6 cm³/mol. The lowest BCUT2D eigenvalue weighted by molar-refractivity contribution is 0.113. The highest BCUT2D eigenvalue weighted by Gasteiger charge is 2.28. The SMILES string of the molecule is CCOc1ccc(S(=O)(=O)N2CCC(O)CC2)cc1. The van der Waals surface area contributed by atoms with Gasteiger partial charge in [0.05, 0.1) is 17.6 Å². The molecule has 0 aromatic heterocycles. The zero-order valence-corrected chi connectivity index (χ0v) is 11.8. The van der Waals surface area contributed by atoms with Crippen LogP contribution in [0.4, 0.5) is 0 Å². The summed E-state index contributed by atoms with van der Waals surface area (Å²) in [6.45, 7) is 3.17. The highest BCUT2D eigenvalue weighted by Crippen LogP contribution is 2.22. The fourth-order valence-corrected chi connectivity index (χ4v) is 3.58. The van der Waals surface area contributed by atoms with Crippen molar-refractivity contribution in [2.45, 2.75) is 30.8 Å². The number of nitrogens with zero attached hydrogens (tertiary/aromatic N) is 1. The Kier molecular flexibility index (Phi) is 4.44. The first-order valence-corrected chi connectivity index (χ1v) is 7.89. The van der Waals surface area contributed by atoms with E-state index in [-0.39, 0.29) is 11.0 Å². The number of aliphatic hydroxyl groups excluding tert-OH is 1. The van der Waals surface area contributed by atoms with Gasteiger partial charge in [0.2, 0.25) is 10.0 Å². The lowest BCUT2D eigenvalue weighted by Gasteiger charge is -2.28. The van der Waals surface area contributed by atoms with E-state index in [0.29, 0.717) is 38.3 Å². The molecule has 1 saturated heterocycles. The molecule has 1 N–H and O–H groups in total. The van der Waals surface area contributed by atoms with E-state index in [1.54, 1.807) is 24.3 Å². The molecule has 19 heavy (non-hydrogen) atoms. The Labute approximate surface area is 113 Å². The molecule has 0 radical (unpaired) electrons. The van der Waals surface area contributed by atoms with E-state index in [1.165, 1.54) is 4.31 Å². The van der Waals surface area contributed by atoms with E-state index < -0.39 is 10.0 Å². The summed E-state index contributed by atoms with van der Waals surface area (Å²) >= 11 is 0. The maximum Gasteiger partial charge on any atom is 0.243 e. The normalized spacial score (nSPS) is 18.4. The Balaban J connectivity index is 2.15. The Morgan fingerprint density at radius 1 is 1.26 bits per heavy atom. The quantitative estimate of drug-likeness (QED) is 0.903. The second kappa shape index (κ2) is 5.90. The van der Waals surface area contributed by atoms with Gasteiger partial charge in [0.15, 0.2) is 0 Å². The molecule has 0 unspecified atom stereocenters. The van der Waals surface area contributed by atoms with Crippen molar-refractivity contribution in [1.29, 1.82) is 0 Å². The Bertz CT molecular complexity index is 504. The van der Waals surface area contributed by atoms with Crippen LogP contribution < -0.4 is 4.74 Å². The van der Waals surface area contributed by atoms with Gasteiger partial charge in [-0.1, -0.05) is 0 Å². The molecule has 0 spiro atoms. The molecule has 5 nitrogen and oxygen atoms in total. The van der Waals surface area contributed by atoms with Crippen LogP contribution in [0.5, 0.6) is 5.75 Å². The third-order valence-corrected chi connectivity index (χ3v) is 5.11.